The molecule has 0 bridgehead atoms. The second-order valence-electron chi connectivity index (χ2n) is 6.61. The third kappa shape index (κ3) is 5.62. The maximum atomic E-state index is 13.4. The van der Waals surface area contributed by atoms with Crippen LogP contribution in [0, 0.1) is 0 Å². The number of halogens is 10. The molecule has 0 fully saturated rings. The van der Waals surface area contributed by atoms with Gasteiger partial charge in [-0.1, -0.05) is 11.6 Å². The second-order valence-corrected chi connectivity index (χ2v) is 7.04. The smallest absolute Gasteiger partial charge is 0.450 e. The van der Waals surface area contributed by atoms with Crippen LogP contribution >= 0.6 is 11.6 Å². The summed E-state index contributed by atoms with van der Waals surface area (Å²) < 4.78 is 123. The molecule has 1 heterocycles. The third-order valence-electron chi connectivity index (χ3n) is 4.21. The maximum Gasteiger partial charge on any atom is 0.450 e. The molecule has 3 aromatic rings. The van der Waals surface area contributed by atoms with Gasteiger partial charge in [0.05, 0.1) is 16.7 Å². The van der Waals surface area contributed by atoms with E-state index in [2.05, 4.69) is 0 Å². The van der Waals surface area contributed by atoms with Crippen molar-refractivity contribution in [1.82, 2.24) is 0 Å². The minimum Gasteiger partial charge on any atom is -0.451 e. The van der Waals surface area contributed by atoms with Crippen LogP contribution in [0.2, 0.25) is 5.02 Å². The highest BCUT2D eigenvalue weighted by molar-refractivity contribution is 6.30. The molecule has 3 nitrogen and oxygen atoms in total. The lowest BCUT2D eigenvalue weighted by Crippen LogP contribution is -2.18. The zero-order valence-electron chi connectivity index (χ0n) is 15.7. The van der Waals surface area contributed by atoms with E-state index in [4.69, 9.17) is 16.0 Å². The van der Waals surface area contributed by atoms with Gasteiger partial charge in [-0.3, -0.25) is 4.79 Å². The van der Waals surface area contributed by atoms with Crippen LogP contribution in [0.5, 0.6) is 0 Å². The van der Waals surface area contributed by atoms with Gasteiger partial charge in [-0.15, -0.1) is 0 Å². The van der Waals surface area contributed by atoms with Gasteiger partial charge in [-0.2, -0.15) is 39.5 Å². The zero-order chi connectivity index (χ0) is 24.8. The quantitative estimate of drug-likeness (QED) is 0.371. The topological polar surface area (TPSA) is 42.2 Å². The Kier molecular flexibility index (Phi) is 6.18. The first kappa shape index (κ1) is 24.5. The normalized spacial score (nSPS) is 12.7. The fourth-order valence-electron chi connectivity index (χ4n) is 2.75. The lowest BCUT2D eigenvalue weighted by Gasteiger charge is -2.15. The number of furan rings is 1. The van der Waals surface area contributed by atoms with Crippen molar-refractivity contribution in [2.45, 2.75) is 18.5 Å². The number of hydrogen-bond donors (Lipinski definition) is 1. The molecule has 1 amide bonds. The molecule has 0 aliphatic heterocycles. The molecule has 0 aliphatic carbocycles. The first-order valence-electron chi connectivity index (χ1n) is 8.63. The SMILES string of the molecule is O=C(Nc1cc(C(F)(F)F)cc(C(F)(F)F)c1)c1cc(-c2ccc(Cl)cc2)oc1C(F)(F)F. The molecule has 0 atom stereocenters. The van der Waals surface area contributed by atoms with E-state index in [1.54, 1.807) is 5.32 Å². The molecule has 0 aliphatic rings. The van der Waals surface area contributed by atoms with E-state index in [0.717, 1.165) is 0 Å². The number of alkyl halides is 9. The molecular formula is C20H9ClF9NO2. The molecule has 0 radical (unpaired) electrons. The van der Waals surface area contributed by atoms with Crippen LogP contribution in [0.4, 0.5) is 45.2 Å². The van der Waals surface area contributed by atoms with Crippen molar-refractivity contribution in [1.29, 1.82) is 0 Å². The van der Waals surface area contributed by atoms with Gasteiger partial charge in [-0.05, 0) is 48.5 Å². The van der Waals surface area contributed by atoms with Gasteiger partial charge in [0.1, 0.15) is 5.76 Å². The molecule has 3 rings (SSSR count). The Bertz CT molecular complexity index is 1140. The number of rotatable bonds is 3. The summed E-state index contributed by atoms with van der Waals surface area (Å²) in [6, 6.07) is 6.03. The molecule has 176 valence electrons. The van der Waals surface area contributed by atoms with Gasteiger partial charge in [0.15, 0.2) is 0 Å². The van der Waals surface area contributed by atoms with Crippen LogP contribution in [0.3, 0.4) is 0 Å². The summed E-state index contributed by atoms with van der Waals surface area (Å²) in [4.78, 5) is 12.4. The van der Waals surface area contributed by atoms with Crippen LogP contribution in [0.25, 0.3) is 11.3 Å². The van der Waals surface area contributed by atoms with Crippen molar-refractivity contribution in [3.05, 3.63) is 76.0 Å². The lowest BCUT2D eigenvalue weighted by molar-refractivity contribution is -0.153. The number of carbonyl (C=O) groups excluding carboxylic acids is 1. The van der Waals surface area contributed by atoms with E-state index in [1.807, 2.05) is 0 Å². The predicted octanol–water partition coefficient (Wildman–Crippen LogP) is 7.91. The number of anilines is 1. The predicted molar refractivity (Wildman–Crippen MR) is 98.6 cm³/mol. The Morgan fingerprint density at radius 1 is 0.758 bits per heavy atom. The first-order valence-corrected chi connectivity index (χ1v) is 9.01. The fourth-order valence-corrected chi connectivity index (χ4v) is 2.88. The van der Waals surface area contributed by atoms with Gasteiger partial charge in [-0.25, -0.2) is 0 Å². The van der Waals surface area contributed by atoms with Crippen LogP contribution in [-0.4, -0.2) is 5.91 Å². The molecule has 0 spiro atoms. The molecule has 1 aromatic heterocycles. The molecule has 0 saturated carbocycles. The molecule has 13 heteroatoms. The van der Waals surface area contributed by atoms with Crippen LogP contribution < -0.4 is 5.32 Å². The minimum absolute atomic E-state index is 0.0855. The second kappa shape index (κ2) is 8.32. The van der Waals surface area contributed by atoms with E-state index in [1.165, 1.54) is 24.3 Å². The molecule has 33 heavy (non-hydrogen) atoms. The Morgan fingerprint density at radius 2 is 1.27 bits per heavy atom. The van der Waals surface area contributed by atoms with Gasteiger partial charge in [0.25, 0.3) is 5.91 Å². The molecule has 0 unspecified atom stereocenters. The van der Waals surface area contributed by atoms with Crippen molar-refractivity contribution < 1.29 is 48.7 Å². The zero-order valence-corrected chi connectivity index (χ0v) is 16.5. The lowest BCUT2D eigenvalue weighted by atomic mass is 10.1. The van der Waals surface area contributed by atoms with Crippen molar-refractivity contribution in [2.24, 2.45) is 0 Å². The highest BCUT2D eigenvalue weighted by Gasteiger charge is 2.41. The highest BCUT2D eigenvalue weighted by atomic mass is 35.5. The molecule has 1 N–H and O–H groups in total. The Labute approximate surface area is 183 Å². The summed E-state index contributed by atoms with van der Waals surface area (Å²) in [5, 5.41) is 1.90. The number of nitrogens with one attached hydrogen (secondary N) is 1. The fraction of sp³-hybridized carbons (Fsp3) is 0.150. The molecule has 0 saturated heterocycles. The Morgan fingerprint density at radius 3 is 1.73 bits per heavy atom. The maximum absolute atomic E-state index is 13.4. The summed E-state index contributed by atoms with van der Waals surface area (Å²) in [6.45, 7) is 0. The Hall–Kier alpha value is -3.15. The number of amides is 1. The van der Waals surface area contributed by atoms with E-state index >= 15 is 0 Å². The standard InChI is InChI=1S/C20H9ClF9NO2/c21-12-3-1-9(2-4-12)15-8-14(16(33-15)20(28,29)30)17(32)31-13-6-10(18(22,23)24)5-11(7-13)19(25,26)27/h1-8H,(H,31,32). The van der Waals surface area contributed by atoms with E-state index in [0.29, 0.717) is 6.07 Å². The Balaban J connectivity index is 2.04. The van der Waals surface area contributed by atoms with E-state index in [-0.39, 0.29) is 28.8 Å². The third-order valence-corrected chi connectivity index (χ3v) is 4.46. The van der Waals surface area contributed by atoms with Crippen LogP contribution in [-0.2, 0) is 18.5 Å². The van der Waals surface area contributed by atoms with Gasteiger partial charge < -0.3 is 9.73 Å². The number of benzene rings is 2. The van der Waals surface area contributed by atoms with Crippen molar-refractivity contribution >= 4 is 23.2 Å². The van der Waals surface area contributed by atoms with Crippen molar-refractivity contribution in [3.8, 4) is 11.3 Å². The number of hydrogen-bond acceptors (Lipinski definition) is 2. The van der Waals surface area contributed by atoms with Crippen molar-refractivity contribution in [2.75, 3.05) is 5.32 Å². The molecule has 2 aromatic carbocycles. The summed E-state index contributed by atoms with van der Waals surface area (Å²) in [5.74, 6) is -3.84. The van der Waals surface area contributed by atoms with Gasteiger partial charge in [0, 0.05) is 16.3 Å². The molecular weight excluding hydrogens is 493 g/mol. The average molecular weight is 502 g/mol. The summed E-state index contributed by atoms with van der Waals surface area (Å²) in [5.41, 5.74) is -5.57. The van der Waals surface area contributed by atoms with E-state index < -0.39 is 58.3 Å². The monoisotopic (exact) mass is 501 g/mol. The highest BCUT2D eigenvalue weighted by Crippen LogP contribution is 2.40. The summed E-state index contributed by atoms with van der Waals surface area (Å²) >= 11 is 5.70. The van der Waals surface area contributed by atoms with Crippen LogP contribution in [0.15, 0.2) is 52.9 Å². The summed E-state index contributed by atoms with van der Waals surface area (Å²) in [7, 11) is 0. The minimum atomic E-state index is -5.21. The van der Waals surface area contributed by atoms with Gasteiger partial charge in [0.2, 0.25) is 5.76 Å². The first-order chi connectivity index (χ1) is 15.1. The van der Waals surface area contributed by atoms with Gasteiger partial charge >= 0.3 is 18.5 Å². The van der Waals surface area contributed by atoms with Crippen LogP contribution in [0.1, 0.15) is 27.2 Å². The van der Waals surface area contributed by atoms with Crippen molar-refractivity contribution in [3.63, 3.8) is 0 Å². The average Bonchev–Trinajstić information content (AvgIpc) is 3.13. The summed E-state index contributed by atoms with van der Waals surface area (Å²) in [6.07, 6.45) is -15.6. The van der Waals surface area contributed by atoms with E-state index in [9.17, 15) is 44.3 Å². The number of carbonyl (C=O) groups is 1. The largest absolute Gasteiger partial charge is 0.451 e.